The predicted octanol–water partition coefficient (Wildman–Crippen LogP) is 2.69. The van der Waals surface area contributed by atoms with Crippen molar-refractivity contribution < 1.29 is 4.74 Å². The van der Waals surface area contributed by atoms with E-state index in [9.17, 15) is 0 Å². The minimum atomic E-state index is 0.759. The Bertz CT molecular complexity index is 75.7. The van der Waals surface area contributed by atoms with Crippen LogP contribution in [0.5, 0.6) is 0 Å². The van der Waals surface area contributed by atoms with E-state index in [1.54, 1.807) is 7.11 Å². The molecule has 0 aromatic carbocycles. The first-order valence-electron chi connectivity index (χ1n) is 3.77. The second kappa shape index (κ2) is 6.17. The van der Waals surface area contributed by atoms with Crippen LogP contribution in [0.2, 0.25) is 0 Å². The lowest BCUT2D eigenvalue weighted by Gasteiger charge is -2.16. The van der Waals surface area contributed by atoms with Gasteiger partial charge < -0.3 is 4.74 Å². The van der Waals surface area contributed by atoms with Gasteiger partial charge in [0.1, 0.15) is 0 Å². The Labute approximate surface area is 72.3 Å². The summed E-state index contributed by atoms with van der Waals surface area (Å²) in [6.07, 6.45) is 1.17. The first-order chi connectivity index (χ1) is 4.72. The molecule has 0 saturated carbocycles. The zero-order chi connectivity index (χ0) is 7.98. The number of ether oxygens (including phenoxy) is 1. The molecule has 10 heavy (non-hydrogen) atoms. The Balaban J connectivity index is 3.31. The fraction of sp³-hybridized carbons (Fsp3) is 1.00. The number of hydrogen-bond donors (Lipinski definition) is 0. The third kappa shape index (κ3) is 4.29. The molecule has 2 unspecified atom stereocenters. The molecule has 0 rings (SSSR count). The van der Waals surface area contributed by atoms with Crippen molar-refractivity contribution in [3.05, 3.63) is 0 Å². The highest BCUT2D eigenvalue weighted by Crippen LogP contribution is 2.16. The second-order valence-electron chi connectivity index (χ2n) is 2.89. The third-order valence-corrected chi connectivity index (χ3v) is 3.01. The van der Waals surface area contributed by atoms with E-state index in [1.807, 2.05) is 0 Å². The van der Waals surface area contributed by atoms with Crippen LogP contribution >= 0.6 is 15.9 Å². The fourth-order valence-corrected chi connectivity index (χ4v) is 1.38. The summed E-state index contributed by atoms with van der Waals surface area (Å²) in [6, 6.07) is 0. The van der Waals surface area contributed by atoms with E-state index in [4.69, 9.17) is 4.74 Å². The molecule has 0 aromatic heterocycles. The van der Waals surface area contributed by atoms with E-state index >= 15 is 0 Å². The Morgan fingerprint density at radius 1 is 1.30 bits per heavy atom. The number of methoxy groups -OCH3 is 1. The molecule has 0 spiro atoms. The molecule has 0 aromatic rings. The van der Waals surface area contributed by atoms with E-state index in [-0.39, 0.29) is 0 Å². The minimum Gasteiger partial charge on any atom is -0.385 e. The summed E-state index contributed by atoms with van der Waals surface area (Å²) in [5.74, 6) is 1.52. The van der Waals surface area contributed by atoms with Crippen molar-refractivity contribution in [1.82, 2.24) is 0 Å². The molecule has 0 aliphatic heterocycles. The van der Waals surface area contributed by atoms with Gasteiger partial charge in [-0.1, -0.05) is 29.8 Å². The maximum atomic E-state index is 4.99. The van der Waals surface area contributed by atoms with Gasteiger partial charge in [0.05, 0.1) is 0 Å². The Morgan fingerprint density at radius 3 is 2.30 bits per heavy atom. The Morgan fingerprint density at radius 2 is 1.90 bits per heavy atom. The molecular formula is C8H17BrO. The van der Waals surface area contributed by atoms with Gasteiger partial charge >= 0.3 is 0 Å². The van der Waals surface area contributed by atoms with Crippen LogP contribution in [0.15, 0.2) is 0 Å². The SMILES string of the molecule is COCCC(C)C(C)CBr. The van der Waals surface area contributed by atoms with E-state index < -0.39 is 0 Å². The fourth-order valence-electron chi connectivity index (χ4n) is 0.740. The van der Waals surface area contributed by atoms with Gasteiger partial charge in [0, 0.05) is 19.0 Å². The summed E-state index contributed by atoms with van der Waals surface area (Å²) in [5, 5.41) is 1.10. The summed E-state index contributed by atoms with van der Waals surface area (Å²) in [7, 11) is 1.76. The molecule has 0 N–H and O–H groups in total. The lowest BCUT2D eigenvalue weighted by atomic mass is 9.95. The molecule has 0 aliphatic rings. The van der Waals surface area contributed by atoms with Gasteiger partial charge in [0.25, 0.3) is 0 Å². The van der Waals surface area contributed by atoms with Crippen LogP contribution < -0.4 is 0 Å². The van der Waals surface area contributed by atoms with Crippen molar-refractivity contribution in [2.75, 3.05) is 19.0 Å². The average molecular weight is 209 g/mol. The van der Waals surface area contributed by atoms with Crippen LogP contribution in [-0.2, 0) is 4.74 Å². The monoisotopic (exact) mass is 208 g/mol. The first-order valence-corrected chi connectivity index (χ1v) is 4.89. The zero-order valence-electron chi connectivity index (χ0n) is 7.06. The van der Waals surface area contributed by atoms with E-state index in [1.165, 1.54) is 6.42 Å². The standard InChI is InChI=1S/C8H17BrO/c1-7(4-5-10-3)8(2)6-9/h7-8H,4-6H2,1-3H3. The van der Waals surface area contributed by atoms with Gasteiger partial charge in [-0.25, -0.2) is 0 Å². The molecule has 0 saturated heterocycles. The predicted molar refractivity (Wildman–Crippen MR) is 48.6 cm³/mol. The molecule has 2 atom stereocenters. The Kier molecular flexibility index (Phi) is 6.44. The maximum Gasteiger partial charge on any atom is 0.0464 e. The third-order valence-electron chi connectivity index (χ3n) is 1.99. The molecule has 0 heterocycles. The quantitative estimate of drug-likeness (QED) is 0.632. The molecule has 0 radical (unpaired) electrons. The van der Waals surface area contributed by atoms with Crippen molar-refractivity contribution in [1.29, 1.82) is 0 Å². The summed E-state index contributed by atoms with van der Waals surface area (Å²) in [5.41, 5.74) is 0. The molecule has 0 amide bonds. The van der Waals surface area contributed by atoms with Crippen LogP contribution in [0.1, 0.15) is 20.3 Å². The van der Waals surface area contributed by atoms with Crippen LogP contribution in [0.25, 0.3) is 0 Å². The lowest BCUT2D eigenvalue weighted by molar-refractivity contribution is 0.171. The topological polar surface area (TPSA) is 9.23 Å². The molecule has 0 aliphatic carbocycles. The molecule has 2 heteroatoms. The van der Waals surface area contributed by atoms with E-state index in [0.29, 0.717) is 0 Å². The molecule has 0 fully saturated rings. The van der Waals surface area contributed by atoms with E-state index in [0.717, 1.165) is 23.8 Å². The Hall–Kier alpha value is 0.440. The number of alkyl halides is 1. The second-order valence-corrected chi connectivity index (χ2v) is 3.54. The van der Waals surface area contributed by atoms with Crippen LogP contribution in [0.3, 0.4) is 0 Å². The van der Waals surface area contributed by atoms with Crippen molar-refractivity contribution >= 4 is 15.9 Å². The molecular weight excluding hydrogens is 192 g/mol. The number of halogens is 1. The largest absolute Gasteiger partial charge is 0.385 e. The lowest BCUT2D eigenvalue weighted by Crippen LogP contribution is -2.11. The highest BCUT2D eigenvalue weighted by molar-refractivity contribution is 9.09. The summed E-state index contributed by atoms with van der Waals surface area (Å²) in [4.78, 5) is 0. The normalized spacial score (nSPS) is 16.8. The number of hydrogen-bond acceptors (Lipinski definition) is 1. The summed E-state index contributed by atoms with van der Waals surface area (Å²) < 4.78 is 4.99. The van der Waals surface area contributed by atoms with Gasteiger partial charge in [-0.2, -0.15) is 0 Å². The van der Waals surface area contributed by atoms with Crippen molar-refractivity contribution in [2.45, 2.75) is 20.3 Å². The van der Waals surface area contributed by atoms with Gasteiger partial charge in [-0.05, 0) is 18.3 Å². The van der Waals surface area contributed by atoms with Crippen LogP contribution in [0, 0.1) is 11.8 Å². The number of rotatable bonds is 5. The van der Waals surface area contributed by atoms with Gasteiger partial charge in [0.2, 0.25) is 0 Å². The minimum absolute atomic E-state index is 0.759. The highest BCUT2D eigenvalue weighted by Gasteiger charge is 2.09. The zero-order valence-corrected chi connectivity index (χ0v) is 8.65. The maximum absolute atomic E-state index is 4.99. The first kappa shape index (κ1) is 10.4. The van der Waals surface area contributed by atoms with Gasteiger partial charge in [-0.15, -0.1) is 0 Å². The van der Waals surface area contributed by atoms with Crippen LogP contribution in [-0.4, -0.2) is 19.0 Å². The van der Waals surface area contributed by atoms with Crippen molar-refractivity contribution in [3.8, 4) is 0 Å². The highest BCUT2D eigenvalue weighted by atomic mass is 79.9. The van der Waals surface area contributed by atoms with Crippen molar-refractivity contribution in [3.63, 3.8) is 0 Å². The molecule has 0 bridgehead atoms. The summed E-state index contributed by atoms with van der Waals surface area (Å²) >= 11 is 3.47. The smallest absolute Gasteiger partial charge is 0.0464 e. The van der Waals surface area contributed by atoms with E-state index in [2.05, 4.69) is 29.8 Å². The van der Waals surface area contributed by atoms with Gasteiger partial charge in [-0.3, -0.25) is 0 Å². The van der Waals surface area contributed by atoms with Crippen molar-refractivity contribution in [2.24, 2.45) is 11.8 Å². The molecule has 1 nitrogen and oxygen atoms in total. The molecule has 62 valence electrons. The van der Waals surface area contributed by atoms with Crippen LogP contribution in [0.4, 0.5) is 0 Å². The summed E-state index contributed by atoms with van der Waals surface area (Å²) in [6.45, 7) is 5.42. The van der Waals surface area contributed by atoms with Gasteiger partial charge in [0.15, 0.2) is 0 Å². The average Bonchev–Trinajstić information content (AvgIpc) is 1.98.